The molecule has 0 fully saturated rings. The first-order valence-electron chi connectivity index (χ1n) is 5.64. The number of nitrogens with one attached hydrogen (secondary N) is 2. The Hall–Kier alpha value is -2.28. The van der Waals surface area contributed by atoms with E-state index in [1.807, 2.05) is 0 Å². The molecule has 2 aromatic rings. The number of amides is 1. The lowest BCUT2D eigenvalue weighted by Gasteiger charge is -2.11. The van der Waals surface area contributed by atoms with Gasteiger partial charge in [0.2, 0.25) is 0 Å². The number of hydrogen-bond acceptors (Lipinski definition) is 2. The molecule has 0 spiro atoms. The molecule has 0 aliphatic heterocycles. The molecule has 8 heteroatoms. The van der Waals surface area contributed by atoms with Crippen molar-refractivity contribution in [2.45, 2.75) is 6.18 Å². The Kier molecular flexibility index (Phi) is 4.04. The van der Waals surface area contributed by atoms with Gasteiger partial charge in [0.25, 0.3) is 5.91 Å². The molecule has 1 amide bonds. The molecule has 0 unspecified atom stereocenters. The van der Waals surface area contributed by atoms with Crippen molar-refractivity contribution in [1.82, 2.24) is 4.98 Å². The maximum absolute atomic E-state index is 12.6. The number of pyridine rings is 1. The quantitative estimate of drug-likeness (QED) is 0.893. The summed E-state index contributed by atoms with van der Waals surface area (Å²) < 4.78 is 37.8. The summed E-state index contributed by atoms with van der Waals surface area (Å²) in [5.74, 6) is -0.770. The van der Waals surface area contributed by atoms with E-state index in [1.165, 1.54) is 12.3 Å². The molecule has 0 aliphatic carbocycles. The van der Waals surface area contributed by atoms with Crippen molar-refractivity contribution < 1.29 is 18.0 Å². The zero-order valence-corrected chi connectivity index (χ0v) is 11.0. The average Bonchev–Trinajstić information content (AvgIpc) is 2.40. The lowest BCUT2D eigenvalue weighted by molar-refractivity contribution is -0.137. The third-order valence-corrected chi connectivity index (χ3v) is 2.89. The molecule has 21 heavy (non-hydrogen) atoms. The second-order valence-electron chi connectivity index (χ2n) is 4.08. The Morgan fingerprint density at radius 1 is 1.19 bits per heavy atom. The highest BCUT2D eigenvalue weighted by atomic mass is 35.5. The molecular formula is C13H8ClF3N2O2. The number of anilines is 1. The van der Waals surface area contributed by atoms with Gasteiger partial charge in [-0.15, -0.1) is 0 Å². The summed E-state index contributed by atoms with van der Waals surface area (Å²) >= 11 is 5.76. The van der Waals surface area contributed by atoms with Crippen LogP contribution in [0, 0.1) is 0 Å². The Balaban J connectivity index is 2.31. The Labute approximate surface area is 121 Å². The van der Waals surface area contributed by atoms with Crippen LogP contribution in [0.1, 0.15) is 16.1 Å². The summed E-state index contributed by atoms with van der Waals surface area (Å²) in [5.41, 5.74) is -1.63. The highest BCUT2D eigenvalue weighted by molar-refractivity contribution is 6.33. The van der Waals surface area contributed by atoms with Crippen LogP contribution in [0.5, 0.6) is 0 Å². The van der Waals surface area contributed by atoms with Gasteiger partial charge >= 0.3 is 6.18 Å². The van der Waals surface area contributed by atoms with E-state index in [4.69, 9.17) is 11.6 Å². The molecule has 4 nitrogen and oxygen atoms in total. The fourth-order valence-electron chi connectivity index (χ4n) is 1.56. The number of benzene rings is 1. The number of halogens is 4. The molecule has 0 bridgehead atoms. The maximum Gasteiger partial charge on any atom is 0.416 e. The summed E-state index contributed by atoms with van der Waals surface area (Å²) in [5, 5.41) is 2.18. The number of hydrogen-bond donors (Lipinski definition) is 2. The topological polar surface area (TPSA) is 62.0 Å². The van der Waals surface area contributed by atoms with Gasteiger partial charge < -0.3 is 10.3 Å². The molecule has 0 aliphatic rings. The first-order valence-corrected chi connectivity index (χ1v) is 6.02. The van der Waals surface area contributed by atoms with Crippen LogP contribution in [0.25, 0.3) is 0 Å². The molecular weight excluding hydrogens is 309 g/mol. The van der Waals surface area contributed by atoms with Gasteiger partial charge in [0.1, 0.15) is 5.69 Å². The SMILES string of the molecule is O=C(Nc1cc(C(F)(F)F)ccc1Cl)c1cc(=O)cc[nH]1. The third-order valence-electron chi connectivity index (χ3n) is 2.56. The van der Waals surface area contributed by atoms with E-state index in [9.17, 15) is 22.8 Å². The van der Waals surface area contributed by atoms with Crippen LogP contribution in [-0.2, 0) is 6.18 Å². The van der Waals surface area contributed by atoms with Gasteiger partial charge in [0, 0.05) is 18.3 Å². The third kappa shape index (κ3) is 3.63. The molecule has 2 N–H and O–H groups in total. The van der Waals surface area contributed by atoms with Crippen molar-refractivity contribution in [3.8, 4) is 0 Å². The van der Waals surface area contributed by atoms with Crippen LogP contribution < -0.4 is 10.7 Å². The van der Waals surface area contributed by atoms with Crippen LogP contribution in [0.3, 0.4) is 0 Å². The molecule has 2 rings (SSSR count). The summed E-state index contributed by atoms with van der Waals surface area (Å²) in [6, 6.07) is 4.79. The van der Waals surface area contributed by atoms with Gasteiger partial charge in [-0.1, -0.05) is 11.6 Å². The van der Waals surface area contributed by atoms with E-state index in [0.29, 0.717) is 0 Å². The Morgan fingerprint density at radius 3 is 2.52 bits per heavy atom. The monoisotopic (exact) mass is 316 g/mol. The summed E-state index contributed by atoms with van der Waals surface area (Å²) in [6.45, 7) is 0. The number of aromatic nitrogens is 1. The number of aromatic amines is 1. The number of rotatable bonds is 2. The first-order chi connectivity index (χ1) is 9.77. The standard InChI is InChI=1S/C13H8ClF3N2O2/c14-9-2-1-7(13(15,16)17)5-10(9)19-12(21)11-6-8(20)3-4-18-11/h1-6H,(H,18,20)(H,19,21). The van der Waals surface area contributed by atoms with E-state index in [1.54, 1.807) is 0 Å². The van der Waals surface area contributed by atoms with Crippen LogP contribution in [0.4, 0.5) is 18.9 Å². The van der Waals surface area contributed by atoms with E-state index in [2.05, 4.69) is 10.3 Å². The summed E-state index contributed by atoms with van der Waals surface area (Å²) in [6.07, 6.45) is -3.30. The molecule has 0 radical (unpaired) electrons. The van der Waals surface area contributed by atoms with Crippen LogP contribution in [-0.4, -0.2) is 10.9 Å². The molecule has 1 aromatic carbocycles. The van der Waals surface area contributed by atoms with Gasteiger partial charge in [0.05, 0.1) is 16.3 Å². The normalized spacial score (nSPS) is 11.2. The minimum Gasteiger partial charge on any atom is -0.357 e. The van der Waals surface area contributed by atoms with Crippen molar-refractivity contribution in [3.63, 3.8) is 0 Å². The second kappa shape index (κ2) is 5.61. The van der Waals surface area contributed by atoms with Gasteiger partial charge in [-0.3, -0.25) is 9.59 Å². The number of alkyl halides is 3. The Morgan fingerprint density at radius 2 is 1.90 bits per heavy atom. The van der Waals surface area contributed by atoms with E-state index >= 15 is 0 Å². The number of carbonyl (C=O) groups is 1. The van der Waals surface area contributed by atoms with Crippen LogP contribution in [0.15, 0.2) is 41.3 Å². The zero-order chi connectivity index (χ0) is 15.6. The van der Waals surface area contributed by atoms with Gasteiger partial charge in [-0.25, -0.2) is 0 Å². The minimum atomic E-state index is -4.55. The van der Waals surface area contributed by atoms with Crippen molar-refractivity contribution in [2.75, 3.05) is 5.32 Å². The van der Waals surface area contributed by atoms with E-state index < -0.39 is 23.1 Å². The van der Waals surface area contributed by atoms with Crippen molar-refractivity contribution in [2.24, 2.45) is 0 Å². The van der Waals surface area contributed by atoms with E-state index in [-0.39, 0.29) is 16.4 Å². The van der Waals surface area contributed by atoms with Gasteiger partial charge in [-0.2, -0.15) is 13.2 Å². The average molecular weight is 317 g/mol. The Bertz CT molecular complexity index is 741. The zero-order valence-electron chi connectivity index (χ0n) is 10.3. The lowest BCUT2D eigenvalue weighted by atomic mass is 10.2. The van der Waals surface area contributed by atoms with Gasteiger partial charge in [0.15, 0.2) is 5.43 Å². The molecule has 1 heterocycles. The molecule has 110 valence electrons. The summed E-state index contributed by atoms with van der Waals surface area (Å²) in [4.78, 5) is 25.5. The highest BCUT2D eigenvalue weighted by Gasteiger charge is 2.31. The summed E-state index contributed by atoms with van der Waals surface area (Å²) in [7, 11) is 0. The predicted molar refractivity (Wildman–Crippen MR) is 71.5 cm³/mol. The predicted octanol–water partition coefficient (Wildman–Crippen LogP) is 3.30. The fraction of sp³-hybridized carbons (Fsp3) is 0.0769. The van der Waals surface area contributed by atoms with E-state index in [0.717, 1.165) is 24.3 Å². The highest BCUT2D eigenvalue weighted by Crippen LogP contribution is 2.33. The molecule has 0 saturated carbocycles. The molecule has 1 aromatic heterocycles. The number of carbonyl (C=O) groups excluding carboxylic acids is 1. The second-order valence-corrected chi connectivity index (χ2v) is 4.49. The van der Waals surface area contributed by atoms with Crippen molar-refractivity contribution in [1.29, 1.82) is 0 Å². The van der Waals surface area contributed by atoms with Crippen molar-refractivity contribution in [3.05, 3.63) is 63.0 Å². The smallest absolute Gasteiger partial charge is 0.357 e. The molecule has 0 saturated heterocycles. The lowest BCUT2D eigenvalue weighted by Crippen LogP contribution is -2.17. The van der Waals surface area contributed by atoms with Crippen LogP contribution >= 0.6 is 11.6 Å². The fourth-order valence-corrected chi connectivity index (χ4v) is 1.73. The first kappa shape index (κ1) is 15.1. The maximum atomic E-state index is 12.6. The van der Waals surface area contributed by atoms with Crippen molar-refractivity contribution >= 4 is 23.2 Å². The van der Waals surface area contributed by atoms with Gasteiger partial charge in [-0.05, 0) is 18.2 Å². The molecule has 0 atom stereocenters. The van der Waals surface area contributed by atoms with Crippen LogP contribution in [0.2, 0.25) is 5.02 Å². The number of H-pyrrole nitrogens is 1. The largest absolute Gasteiger partial charge is 0.416 e. The minimum absolute atomic E-state index is 0.0466.